The molecule has 0 radical (unpaired) electrons. The summed E-state index contributed by atoms with van der Waals surface area (Å²) in [6.07, 6.45) is 2.14. The fourth-order valence-electron chi connectivity index (χ4n) is 2.54. The van der Waals surface area contributed by atoms with E-state index in [1.807, 2.05) is 18.2 Å². The summed E-state index contributed by atoms with van der Waals surface area (Å²) in [5, 5.41) is 23.5. The lowest BCUT2D eigenvalue weighted by Gasteiger charge is -2.07. The average Bonchev–Trinajstić information content (AvgIpc) is 2.87. The Kier molecular flexibility index (Phi) is 2.63. The Morgan fingerprint density at radius 3 is 2.53 bits per heavy atom. The molecule has 0 atom stereocenters. The van der Waals surface area contributed by atoms with Crippen LogP contribution in [0.25, 0.3) is 10.8 Å². The predicted octanol–water partition coefficient (Wildman–Crippen LogP) is 2.75. The maximum absolute atomic E-state index is 8.67. The topological polar surface area (TPSA) is 72.0 Å². The van der Waals surface area contributed by atoms with Crippen molar-refractivity contribution < 1.29 is 0 Å². The zero-order valence-electron chi connectivity index (χ0n) is 10.1. The average molecular weight is 246 g/mol. The molecule has 4 nitrogen and oxygen atoms in total. The molecule has 0 amide bonds. The second-order valence-corrected chi connectivity index (χ2v) is 4.41. The third kappa shape index (κ3) is 1.80. The Labute approximate surface area is 110 Å². The van der Waals surface area contributed by atoms with Gasteiger partial charge >= 0.3 is 0 Å². The summed E-state index contributed by atoms with van der Waals surface area (Å²) < 4.78 is 0. The second-order valence-electron chi connectivity index (χ2n) is 4.41. The zero-order valence-corrected chi connectivity index (χ0v) is 10.1. The lowest BCUT2D eigenvalue weighted by Crippen LogP contribution is -1.97. The zero-order chi connectivity index (χ0) is 13.2. The van der Waals surface area contributed by atoms with E-state index in [-0.39, 0.29) is 5.71 Å². The molecule has 1 N–H and O–H groups in total. The molecule has 0 aliphatic heterocycles. The largest absolute Gasteiger partial charge is 0.276 e. The molecule has 3 rings (SSSR count). The second kappa shape index (κ2) is 4.44. The van der Waals surface area contributed by atoms with E-state index in [4.69, 9.17) is 10.5 Å². The Morgan fingerprint density at radius 1 is 1.05 bits per heavy atom. The lowest BCUT2D eigenvalue weighted by atomic mass is 10.0. The van der Waals surface area contributed by atoms with Gasteiger partial charge in [-0.15, -0.1) is 0 Å². The van der Waals surface area contributed by atoms with Gasteiger partial charge in [0.05, 0.1) is 5.69 Å². The number of rotatable bonds is 2. The van der Waals surface area contributed by atoms with E-state index in [0.29, 0.717) is 0 Å². The maximum atomic E-state index is 8.67. The van der Waals surface area contributed by atoms with Crippen molar-refractivity contribution in [1.29, 1.82) is 10.5 Å². The molecule has 1 aliphatic rings. The van der Waals surface area contributed by atoms with Gasteiger partial charge in [0.2, 0.25) is 5.71 Å². The van der Waals surface area contributed by atoms with Crippen LogP contribution in [0.3, 0.4) is 0 Å². The normalized spacial score (nSPS) is 11.7. The van der Waals surface area contributed by atoms with Crippen LogP contribution >= 0.6 is 0 Å². The van der Waals surface area contributed by atoms with Gasteiger partial charge in [0.1, 0.15) is 12.1 Å². The molecule has 0 fully saturated rings. The number of anilines is 1. The number of nitriles is 2. The molecule has 0 bridgehead atoms. The summed E-state index contributed by atoms with van der Waals surface area (Å²) in [5.74, 6) is 0. The van der Waals surface area contributed by atoms with E-state index in [2.05, 4.69) is 22.7 Å². The first-order chi connectivity index (χ1) is 9.33. The van der Waals surface area contributed by atoms with Gasteiger partial charge in [0.25, 0.3) is 0 Å². The molecule has 0 spiro atoms. The number of nitrogens with zero attached hydrogens (tertiary/aromatic N) is 3. The van der Waals surface area contributed by atoms with Crippen molar-refractivity contribution in [1.82, 2.24) is 0 Å². The molecule has 0 saturated heterocycles. The van der Waals surface area contributed by atoms with E-state index in [9.17, 15) is 0 Å². The van der Waals surface area contributed by atoms with Gasteiger partial charge in [-0.2, -0.15) is 15.6 Å². The van der Waals surface area contributed by atoms with Crippen LogP contribution < -0.4 is 5.43 Å². The van der Waals surface area contributed by atoms with Gasteiger partial charge in [-0.3, -0.25) is 5.43 Å². The van der Waals surface area contributed by atoms with Gasteiger partial charge in [0, 0.05) is 5.39 Å². The van der Waals surface area contributed by atoms with Crippen molar-refractivity contribution in [2.45, 2.75) is 12.8 Å². The minimum atomic E-state index is -0.178. The van der Waals surface area contributed by atoms with E-state index in [0.717, 1.165) is 23.9 Å². The molecule has 2 aromatic rings. The van der Waals surface area contributed by atoms with Gasteiger partial charge in [0.15, 0.2) is 0 Å². The summed E-state index contributed by atoms with van der Waals surface area (Å²) in [4.78, 5) is 0. The Hall–Kier alpha value is -2.85. The van der Waals surface area contributed by atoms with Crippen LogP contribution in [-0.2, 0) is 12.8 Å². The molecule has 2 aromatic carbocycles. The predicted molar refractivity (Wildman–Crippen MR) is 73.6 cm³/mol. The summed E-state index contributed by atoms with van der Waals surface area (Å²) in [6.45, 7) is 0. The summed E-state index contributed by atoms with van der Waals surface area (Å²) in [5.41, 5.74) is 6.16. The van der Waals surface area contributed by atoms with Crippen molar-refractivity contribution in [2.24, 2.45) is 5.10 Å². The number of benzene rings is 2. The third-order valence-corrected chi connectivity index (χ3v) is 3.38. The molecular weight excluding hydrogens is 236 g/mol. The molecule has 19 heavy (non-hydrogen) atoms. The van der Waals surface area contributed by atoms with Crippen LogP contribution in [0.1, 0.15) is 11.1 Å². The molecule has 0 heterocycles. The first-order valence-electron chi connectivity index (χ1n) is 6.01. The van der Waals surface area contributed by atoms with Crippen molar-refractivity contribution >= 4 is 22.2 Å². The molecule has 0 saturated carbocycles. The number of nitrogens with one attached hydrogen (secondary N) is 1. The Bertz CT molecular complexity index is 749. The van der Waals surface area contributed by atoms with Crippen LogP contribution in [-0.4, -0.2) is 5.71 Å². The van der Waals surface area contributed by atoms with Gasteiger partial charge in [-0.05, 0) is 35.4 Å². The minimum Gasteiger partial charge on any atom is -0.276 e. The quantitative estimate of drug-likeness (QED) is 0.654. The standard InChI is InChI=1S/C15H10N4/c16-8-12(9-17)18-19-14-7-6-11-5-4-10-2-1-3-13(14)15(10)11/h1-3,6-7,19H,4-5H2. The third-order valence-electron chi connectivity index (χ3n) is 3.38. The van der Waals surface area contributed by atoms with E-state index < -0.39 is 0 Å². The highest BCUT2D eigenvalue weighted by Crippen LogP contribution is 2.34. The smallest absolute Gasteiger partial charge is 0.237 e. The van der Waals surface area contributed by atoms with Crippen molar-refractivity contribution in [3.63, 3.8) is 0 Å². The molecule has 90 valence electrons. The van der Waals surface area contributed by atoms with Gasteiger partial charge < -0.3 is 0 Å². The fourth-order valence-corrected chi connectivity index (χ4v) is 2.54. The molecule has 0 unspecified atom stereocenters. The van der Waals surface area contributed by atoms with Gasteiger partial charge in [-0.1, -0.05) is 24.3 Å². The Balaban J connectivity index is 2.10. The number of aryl methyl sites for hydroxylation is 2. The molecule has 1 aliphatic carbocycles. The van der Waals surface area contributed by atoms with Crippen LogP contribution in [0.15, 0.2) is 35.4 Å². The van der Waals surface area contributed by atoms with Crippen LogP contribution in [0, 0.1) is 22.7 Å². The van der Waals surface area contributed by atoms with Crippen molar-refractivity contribution in [3.05, 3.63) is 41.5 Å². The minimum absolute atomic E-state index is 0.178. The number of hydrogen-bond acceptors (Lipinski definition) is 4. The maximum Gasteiger partial charge on any atom is 0.237 e. The highest BCUT2D eigenvalue weighted by molar-refractivity contribution is 6.10. The molecule has 4 heteroatoms. The van der Waals surface area contributed by atoms with E-state index >= 15 is 0 Å². The highest BCUT2D eigenvalue weighted by atomic mass is 15.3. The van der Waals surface area contributed by atoms with Crippen molar-refractivity contribution in [2.75, 3.05) is 5.43 Å². The van der Waals surface area contributed by atoms with Crippen LogP contribution in [0.4, 0.5) is 5.69 Å². The molecular formula is C15H10N4. The van der Waals surface area contributed by atoms with Gasteiger partial charge in [-0.25, -0.2) is 0 Å². The highest BCUT2D eigenvalue weighted by Gasteiger charge is 2.15. The number of hydrogen-bond donors (Lipinski definition) is 1. The summed E-state index contributed by atoms with van der Waals surface area (Å²) >= 11 is 0. The summed E-state index contributed by atoms with van der Waals surface area (Å²) in [7, 11) is 0. The summed E-state index contributed by atoms with van der Waals surface area (Å²) in [6, 6.07) is 13.7. The van der Waals surface area contributed by atoms with Crippen LogP contribution in [0.5, 0.6) is 0 Å². The number of hydrazone groups is 1. The van der Waals surface area contributed by atoms with E-state index in [1.54, 1.807) is 12.1 Å². The SMILES string of the molecule is N#CC(C#N)=NNc1ccc2c3c(cccc13)CC2. The molecule has 0 aromatic heterocycles. The monoisotopic (exact) mass is 246 g/mol. The Morgan fingerprint density at radius 2 is 1.79 bits per heavy atom. The first-order valence-corrected chi connectivity index (χ1v) is 6.01. The van der Waals surface area contributed by atoms with Crippen LogP contribution in [0.2, 0.25) is 0 Å². The fraction of sp³-hybridized carbons (Fsp3) is 0.133. The lowest BCUT2D eigenvalue weighted by molar-refractivity contribution is 1.02. The van der Waals surface area contributed by atoms with Crippen molar-refractivity contribution in [3.8, 4) is 12.1 Å². The van der Waals surface area contributed by atoms with E-state index in [1.165, 1.54) is 16.5 Å². The first kappa shape index (κ1) is 11.3.